The van der Waals surface area contributed by atoms with Crippen molar-refractivity contribution in [3.05, 3.63) is 64.2 Å². The van der Waals surface area contributed by atoms with Gasteiger partial charge in [0.1, 0.15) is 5.49 Å². The van der Waals surface area contributed by atoms with E-state index >= 15 is 0 Å². The summed E-state index contributed by atoms with van der Waals surface area (Å²) >= 11 is 6.05. The van der Waals surface area contributed by atoms with Crippen molar-refractivity contribution in [2.75, 3.05) is 6.54 Å². The van der Waals surface area contributed by atoms with E-state index in [0.29, 0.717) is 18.1 Å². The molecule has 2 aromatic rings. The summed E-state index contributed by atoms with van der Waals surface area (Å²) in [6, 6.07) is 11.3. The quantitative estimate of drug-likeness (QED) is 0.892. The van der Waals surface area contributed by atoms with E-state index < -0.39 is 0 Å². The average Bonchev–Trinajstić information content (AvgIpc) is 2.44. The molecule has 0 spiro atoms. The largest absolute Gasteiger partial charge is 0.352 e. The fourth-order valence-corrected chi connectivity index (χ4v) is 2.17. The third-order valence-corrected chi connectivity index (χ3v) is 3.09. The van der Waals surface area contributed by atoms with Crippen molar-refractivity contribution >= 4 is 17.5 Å². The predicted molar refractivity (Wildman–Crippen MR) is 78.8 cm³/mol. The van der Waals surface area contributed by atoms with Gasteiger partial charge in [-0.25, -0.2) is 0 Å². The number of aromatic nitrogens is 1. The SMILES string of the molecule is CCNC(=O)c1cc(Cl)cn(Cc2ccccc2)c1=N. The van der Waals surface area contributed by atoms with Gasteiger partial charge in [0, 0.05) is 19.3 Å². The van der Waals surface area contributed by atoms with Gasteiger partial charge in [0.2, 0.25) is 0 Å². The van der Waals surface area contributed by atoms with Gasteiger partial charge in [-0.3, -0.25) is 10.2 Å². The Morgan fingerprint density at radius 1 is 1.35 bits per heavy atom. The highest BCUT2D eigenvalue weighted by Gasteiger charge is 2.10. The van der Waals surface area contributed by atoms with Crippen molar-refractivity contribution in [3.8, 4) is 0 Å². The van der Waals surface area contributed by atoms with Crippen LogP contribution in [0.1, 0.15) is 22.8 Å². The summed E-state index contributed by atoms with van der Waals surface area (Å²) < 4.78 is 1.67. The second kappa shape index (κ2) is 6.39. The highest BCUT2D eigenvalue weighted by atomic mass is 35.5. The van der Waals surface area contributed by atoms with Crippen LogP contribution in [-0.2, 0) is 6.54 Å². The van der Waals surface area contributed by atoms with E-state index in [1.807, 2.05) is 37.3 Å². The molecule has 4 nitrogen and oxygen atoms in total. The van der Waals surface area contributed by atoms with Crippen LogP contribution in [0.2, 0.25) is 5.02 Å². The summed E-state index contributed by atoms with van der Waals surface area (Å²) in [7, 11) is 0. The molecule has 0 unspecified atom stereocenters. The van der Waals surface area contributed by atoms with Crippen LogP contribution in [0.15, 0.2) is 42.6 Å². The average molecular weight is 290 g/mol. The number of nitrogens with zero attached hydrogens (tertiary/aromatic N) is 1. The van der Waals surface area contributed by atoms with Gasteiger partial charge in [-0.1, -0.05) is 41.9 Å². The molecule has 2 rings (SSSR count). The van der Waals surface area contributed by atoms with E-state index in [9.17, 15) is 4.79 Å². The normalized spacial score (nSPS) is 10.3. The molecule has 0 aliphatic heterocycles. The van der Waals surface area contributed by atoms with Gasteiger partial charge in [-0.05, 0) is 18.6 Å². The molecule has 0 saturated heterocycles. The van der Waals surface area contributed by atoms with Gasteiger partial charge in [0.25, 0.3) is 5.91 Å². The number of benzene rings is 1. The zero-order valence-electron chi connectivity index (χ0n) is 11.2. The fourth-order valence-electron chi connectivity index (χ4n) is 1.95. The van der Waals surface area contributed by atoms with E-state index in [0.717, 1.165) is 5.56 Å². The highest BCUT2D eigenvalue weighted by molar-refractivity contribution is 6.30. The summed E-state index contributed by atoms with van der Waals surface area (Å²) in [4.78, 5) is 11.9. The van der Waals surface area contributed by atoms with Crippen LogP contribution in [0.4, 0.5) is 0 Å². The Morgan fingerprint density at radius 2 is 2.05 bits per heavy atom. The molecule has 0 fully saturated rings. The number of nitrogens with one attached hydrogen (secondary N) is 2. The first-order chi connectivity index (χ1) is 9.61. The first-order valence-electron chi connectivity index (χ1n) is 6.38. The zero-order valence-corrected chi connectivity index (χ0v) is 11.9. The lowest BCUT2D eigenvalue weighted by atomic mass is 10.2. The maximum atomic E-state index is 11.9. The van der Waals surface area contributed by atoms with Gasteiger partial charge in [0.05, 0.1) is 10.6 Å². The molecule has 1 heterocycles. The summed E-state index contributed by atoms with van der Waals surface area (Å²) in [5.74, 6) is -0.276. The topological polar surface area (TPSA) is 57.9 Å². The van der Waals surface area contributed by atoms with E-state index in [4.69, 9.17) is 17.0 Å². The monoisotopic (exact) mass is 289 g/mol. The molecule has 5 heteroatoms. The Bertz CT molecular complexity index is 665. The summed E-state index contributed by atoms with van der Waals surface area (Å²) in [5.41, 5.74) is 1.50. The second-order valence-electron chi connectivity index (χ2n) is 4.39. The molecular formula is C15H16ClN3O. The Morgan fingerprint density at radius 3 is 2.70 bits per heavy atom. The Balaban J connectivity index is 2.39. The Kier molecular flexibility index (Phi) is 4.58. The molecule has 20 heavy (non-hydrogen) atoms. The number of halogens is 1. The Hall–Kier alpha value is -2.07. The van der Waals surface area contributed by atoms with Crippen LogP contribution in [0.5, 0.6) is 0 Å². The number of hydrogen-bond donors (Lipinski definition) is 2. The van der Waals surface area contributed by atoms with Gasteiger partial charge in [-0.2, -0.15) is 0 Å². The van der Waals surface area contributed by atoms with E-state index in [-0.39, 0.29) is 17.0 Å². The van der Waals surface area contributed by atoms with Crippen molar-refractivity contribution in [2.24, 2.45) is 0 Å². The minimum absolute atomic E-state index is 0.157. The summed E-state index contributed by atoms with van der Waals surface area (Å²) in [5, 5.41) is 11.3. The number of carbonyl (C=O) groups excluding carboxylic acids is 1. The molecule has 0 aliphatic carbocycles. The van der Waals surface area contributed by atoms with Gasteiger partial charge in [0.15, 0.2) is 0 Å². The van der Waals surface area contributed by atoms with Gasteiger partial charge >= 0.3 is 0 Å². The van der Waals surface area contributed by atoms with E-state index in [1.54, 1.807) is 10.8 Å². The minimum atomic E-state index is -0.276. The third-order valence-electron chi connectivity index (χ3n) is 2.88. The lowest BCUT2D eigenvalue weighted by Crippen LogP contribution is -2.33. The number of hydrogen-bond acceptors (Lipinski definition) is 2. The molecule has 0 aliphatic rings. The Labute approximate surface area is 122 Å². The highest BCUT2D eigenvalue weighted by Crippen LogP contribution is 2.09. The fraction of sp³-hybridized carbons (Fsp3) is 0.200. The first-order valence-corrected chi connectivity index (χ1v) is 6.76. The van der Waals surface area contributed by atoms with Crippen LogP contribution in [0.3, 0.4) is 0 Å². The van der Waals surface area contributed by atoms with Gasteiger partial charge < -0.3 is 9.88 Å². The van der Waals surface area contributed by atoms with Crippen molar-refractivity contribution < 1.29 is 4.79 Å². The molecule has 1 aromatic carbocycles. The van der Waals surface area contributed by atoms with Crippen LogP contribution >= 0.6 is 11.6 Å². The van der Waals surface area contributed by atoms with Crippen molar-refractivity contribution in [1.29, 1.82) is 5.41 Å². The maximum absolute atomic E-state index is 11.9. The lowest BCUT2D eigenvalue weighted by Gasteiger charge is -2.11. The smallest absolute Gasteiger partial charge is 0.255 e. The van der Waals surface area contributed by atoms with Gasteiger partial charge in [-0.15, -0.1) is 0 Å². The van der Waals surface area contributed by atoms with Crippen LogP contribution < -0.4 is 10.8 Å². The van der Waals surface area contributed by atoms with Crippen molar-refractivity contribution in [3.63, 3.8) is 0 Å². The maximum Gasteiger partial charge on any atom is 0.255 e. The molecule has 0 atom stereocenters. The van der Waals surface area contributed by atoms with Crippen molar-refractivity contribution in [1.82, 2.24) is 9.88 Å². The molecule has 0 saturated carbocycles. The first kappa shape index (κ1) is 14.3. The molecule has 0 bridgehead atoms. The van der Waals surface area contributed by atoms with Crippen molar-refractivity contribution in [2.45, 2.75) is 13.5 Å². The predicted octanol–water partition coefficient (Wildman–Crippen LogP) is 2.42. The lowest BCUT2D eigenvalue weighted by molar-refractivity contribution is 0.0953. The zero-order chi connectivity index (χ0) is 14.5. The number of rotatable bonds is 4. The number of amides is 1. The number of pyridine rings is 1. The van der Waals surface area contributed by atoms with Crippen LogP contribution in [0.25, 0.3) is 0 Å². The molecule has 104 valence electrons. The molecule has 1 aromatic heterocycles. The summed E-state index contributed by atoms with van der Waals surface area (Å²) in [6.45, 7) is 2.86. The van der Waals surface area contributed by atoms with E-state index in [1.165, 1.54) is 6.07 Å². The molecule has 1 amide bonds. The number of carbonyl (C=O) groups is 1. The molecule has 2 N–H and O–H groups in total. The molecule has 0 radical (unpaired) electrons. The standard InChI is InChI=1S/C15H16ClN3O/c1-2-18-15(20)13-8-12(16)10-19(14(13)17)9-11-6-4-3-5-7-11/h3-8,10,17H,2,9H2,1H3,(H,18,20). The second-order valence-corrected chi connectivity index (χ2v) is 4.83. The molecular weight excluding hydrogens is 274 g/mol. The minimum Gasteiger partial charge on any atom is -0.352 e. The van der Waals surface area contributed by atoms with E-state index in [2.05, 4.69) is 5.32 Å². The van der Waals surface area contributed by atoms with Crippen LogP contribution in [0, 0.1) is 5.41 Å². The third kappa shape index (κ3) is 3.27. The summed E-state index contributed by atoms with van der Waals surface area (Å²) in [6.07, 6.45) is 1.67. The van der Waals surface area contributed by atoms with Crippen LogP contribution in [-0.4, -0.2) is 17.0 Å².